The summed E-state index contributed by atoms with van der Waals surface area (Å²) in [5.74, 6) is 1.25. The number of halogens is 1. The molecule has 4 aliphatic rings. The second kappa shape index (κ2) is 17.1. The number of carbonyl (C=O) groups is 2. The lowest BCUT2D eigenvalue weighted by molar-refractivity contribution is -0.183. The number of fused-ring (bicyclic) bond motifs is 2. The number of ether oxygens (including phenoxy) is 1. The second-order valence-electron chi connectivity index (χ2n) is 17.6. The van der Waals surface area contributed by atoms with Gasteiger partial charge in [0.1, 0.15) is 17.9 Å². The molecule has 4 fully saturated rings. The van der Waals surface area contributed by atoms with Gasteiger partial charge in [-0.15, -0.1) is 0 Å². The van der Waals surface area contributed by atoms with Crippen molar-refractivity contribution in [3.05, 3.63) is 46.5 Å². The first-order valence-corrected chi connectivity index (χ1v) is 19.9. The van der Waals surface area contributed by atoms with Gasteiger partial charge < -0.3 is 35.4 Å². The van der Waals surface area contributed by atoms with Crippen LogP contribution in [-0.2, 0) is 16.2 Å². The van der Waals surface area contributed by atoms with Gasteiger partial charge in [-0.25, -0.2) is 0 Å². The van der Waals surface area contributed by atoms with E-state index in [0.717, 1.165) is 25.1 Å². The minimum absolute atomic E-state index is 0.0227. The number of rotatable bonds is 15. The molecule has 0 radical (unpaired) electrons. The molecule has 300 valence electrons. The Morgan fingerprint density at radius 2 is 1.81 bits per heavy atom. The van der Waals surface area contributed by atoms with E-state index in [0.29, 0.717) is 56.7 Å². The largest absolute Gasteiger partial charge is 0.496 e. The summed E-state index contributed by atoms with van der Waals surface area (Å²) in [7, 11) is 9.42. The van der Waals surface area contributed by atoms with Crippen molar-refractivity contribution in [3.8, 4) is 16.9 Å². The fourth-order valence-corrected chi connectivity index (χ4v) is 9.74. The fraction of sp³-hybridized carbons (Fsp3) is 0.667. The number of hydroxylamine groups is 2. The Morgan fingerprint density at radius 1 is 1.11 bits per heavy atom. The lowest BCUT2D eigenvalue weighted by Gasteiger charge is -2.62. The van der Waals surface area contributed by atoms with Crippen LogP contribution in [0.4, 0.5) is 5.69 Å². The summed E-state index contributed by atoms with van der Waals surface area (Å²) in [6.45, 7) is 13.3. The molecule has 2 aromatic rings. The Balaban J connectivity index is 1.48. The number of benzene rings is 2. The highest BCUT2D eigenvalue weighted by molar-refractivity contribution is 6.33. The van der Waals surface area contributed by atoms with Crippen LogP contribution in [0, 0.1) is 35.0 Å². The van der Waals surface area contributed by atoms with Crippen molar-refractivity contribution in [2.75, 3.05) is 53.4 Å². The third kappa shape index (κ3) is 8.71. The third-order valence-electron chi connectivity index (χ3n) is 12.4. The molecule has 54 heavy (non-hydrogen) atoms. The van der Waals surface area contributed by atoms with Gasteiger partial charge in [0.25, 0.3) is 5.91 Å². The number of aliphatic hydroxyl groups is 2. The molecule has 11 nitrogen and oxygen atoms in total. The molecule has 2 bridgehead atoms. The number of likely N-dealkylation sites (N-methyl/N-ethyl adjacent to an activating group) is 1. The molecule has 3 saturated carbocycles. The molecule has 1 aliphatic heterocycles. The molecule has 0 aromatic heterocycles. The zero-order valence-corrected chi connectivity index (χ0v) is 34.9. The van der Waals surface area contributed by atoms with E-state index >= 15 is 0 Å². The van der Waals surface area contributed by atoms with Crippen LogP contribution in [0.3, 0.4) is 0 Å². The minimum atomic E-state index is -0.919. The van der Waals surface area contributed by atoms with Crippen LogP contribution < -0.4 is 20.3 Å². The maximum absolute atomic E-state index is 14.3. The molecule has 4 N–H and O–H groups in total. The van der Waals surface area contributed by atoms with E-state index in [9.17, 15) is 19.8 Å². The monoisotopic (exact) mass is 769 g/mol. The first-order valence-electron chi connectivity index (χ1n) is 19.5. The second-order valence-corrected chi connectivity index (χ2v) is 18.0. The highest BCUT2D eigenvalue weighted by Crippen LogP contribution is 2.61. The quantitative estimate of drug-likeness (QED) is 0.187. The molecule has 2 aromatic carbocycles. The summed E-state index contributed by atoms with van der Waals surface area (Å²) < 4.78 is 6.08. The summed E-state index contributed by atoms with van der Waals surface area (Å²) in [6, 6.07) is 8.43. The van der Waals surface area contributed by atoms with Crippen LogP contribution in [0.15, 0.2) is 30.3 Å². The number of anilines is 1. The van der Waals surface area contributed by atoms with E-state index in [1.165, 1.54) is 6.42 Å². The van der Waals surface area contributed by atoms with Crippen LogP contribution >= 0.6 is 11.6 Å². The fourth-order valence-electron chi connectivity index (χ4n) is 9.48. The van der Waals surface area contributed by atoms with Gasteiger partial charge in [-0.1, -0.05) is 52.3 Å². The zero-order chi connectivity index (χ0) is 39.8. The smallest absolute Gasteiger partial charge is 0.251 e. The highest BCUT2D eigenvalue weighted by Gasteiger charge is 2.57. The average molecular weight is 770 g/mol. The Hall–Kier alpha value is -2.93. The van der Waals surface area contributed by atoms with Crippen LogP contribution in [-0.4, -0.2) is 111 Å². The van der Waals surface area contributed by atoms with E-state index in [2.05, 4.69) is 50.2 Å². The summed E-state index contributed by atoms with van der Waals surface area (Å²) in [5.41, 5.74) is 3.58. The highest BCUT2D eigenvalue weighted by atomic mass is 35.5. The molecule has 12 heteroatoms. The van der Waals surface area contributed by atoms with E-state index in [1.807, 2.05) is 57.4 Å². The van der Waals surface area contributed by atoms with Gasteiger partial charge in [-0.2, -0.15) is 5.06 Å². The van der Waals surface area contributed by atoms with Crippen molar-refractivity contribution in [2.24, 2.45) is 35.0 Å². The number of carbonyl (C=O) groups excluding carboxylic acids is 2. The molecule has 0 spiro atoms. The third-order valence-corrected chi connectivity index (χ3v) is 12.8. The van der Waals surface area contributed by atoms with Gasteiger partial charge in [0.15, 0.2) is 0 Å². The van der Waals surface area contributed by atoms with E-state index in [-0.39, 0.29) is 42.5 Å². The number of amides is 2. The predicted octanol–water partition coefficient (Wildman–Crippen LogP) is 5.45. The summed E-state index contributed by atoms with van der Waals surface area (Å²) in [5, 5.41) is 29.9. The number of nitrogens with one attached hydrogen (secondary N) is 2. The maximum Gasteiger partial charge on any atom is 0.251 e. The van der Waals surface area contributed by atoms with Gasteiger partial charge in [0.2, 0.25) is 5.91 Å². The minimum Gasteiger partial charge on any atom is -0.496 e. The molecule has 1 unspecified atom stereocenters. The molecule has 6 rings (SSSR count). The van der Waals surface area contributed by atoms with Gasteiger partial charge >= 0.3 is 0 Å². The average Bonchev–Trinajstić information content (AvgIpc) is 3.47. The zero-order valence-electron chi connectivity index (χ0n) is 34.1. The van der Waals surface area contributed by atoms with Crippen molar-refractivity contribution in [3.63, 3.8) is 0 Å². The van der Waals surface area contributed by atoms with Crippen molar-refractivity contribution in [2.45, 2.75) is 97.7 Å². The Bertz CT molecular complexity index is 1640. The van der Waals surface area contributed by atoms with Gasteiger partial charge in [-0.3, -0.25) is 14.4 Å². The normalized spacial score (nSPS) is 27.4. The van der Waals surface area contributed by atoms with Gasteiger partial charge in [0.05, 0.1) is 31.4 Å². The topological polar surface area (TPSA) is 127 Å². The lowest BCUT2D eigenvalue weighted by Crippen LogP contribution is -2.62. The number of methoxy groups -OCH3 is 1. The maximum atomic E-state index is 14.3. The van der Waals surface area contributed by atoms with Crippen LogP contribution in [0.1, 0.15) is 76.7 Å². The number of hydrogen-bond acceptors (Lipinski definition) is 9. The molecule has 1 saturated heterocycles. The molecule has 1 heterocycles. The van der Waals surface area contributed by atoms with Crippen LogP contribution in [0.25, 0.3) is 11.1 Å². The Morgan fingerprint density at radius 3 is 2.37 bits per heavy atom. The number of hydrogen-bond donors (Lipinski definition) is 4. The molecule has 3 aliphatic carbocycles. The molecule has 9 atom stereocenters. The summed E-state index contributed by atoms with van der Waals surface area (Å²) in [6.07, 6.45) is 1.26. The van der Waals surface area contributed by atoms with E-state index < -0.39 is 24.2 Å². The molecular formula is C42H64ClN5O6. The van der Waals surface area contributed by atoms with E-state index in [1.54, 1.807) is 25.2 Å². The first kappa shape index (κ1) is 42.2. The van der Waals surface area contributed by atoms with Crippen molar-refractivity contribution in [1.29, 1.82) is 0 Å². The van der Waals surface area contributed by atoms with Crippen molar-refractivity contribution in [1.82, 2.24) is 20.6 Å². The van der Waals surface area contributed by atoms with Gasteiger partial charge in [0, 0.05) is 61.0 Å². The summed E-state index contributed by atoms with van der Waals surface area (Å²) in [4.78, 5) is 38.5. The van der Waals surface area contributed by atoms with Crippen molar-refractivity contribution >= 4 is 29.1 Å². The summed E-state index contributed by atoms with van der Waals surface area (Å²) >= 11 is 6.97. The van der Waals surface area contributed by atoms with E-state index in [4.69, 9.17) is 21.2 Å². The molecular weight excluding hydrogens is 706 g/mol. The standard InChI is InChI=1S/C42H64ClN5O6/c1-23(2)14-30(21-46(7)8)44-40(51)28-15-27(16-31(17-28)47(9)10)37-33(43)13-12-26(39(37)53-11)20-48-38(36(25(4)50)35(22-49)54-48)41(52)45-34-19-29-18-32(24(34)3)42(29,5)6/h12-13,15-17,23-25,29-30,32,34-36,38,49-50H,14,18-22H2,1-11H3,(H,44,51)(H,45,52)/t24-,25-,29-,30-,32+,34-,35-,36?,38-/m0/s1. The lowest BCUT2D eigenvalue weighted by atomic mass is 9.45. The Kier molecular flexibility index (Phi) is 13.3. The Labute approximate surface area is 327 Å². The molecule has 2 amide bonds. The SMILES string of the molecule is COc1c(CN2O[C@@H](CO)C([C@H](C)O)[C@H]2C(=O)N[C@H]2C[C@@H]3C[C@H]([C@@H]2C)C3(C)C)ccc(Cl)c1-c1cc(C(=O)N[C@@H](CC(C)C)CN(C)C)cc(N(C)C)c1. The first-order chi connectivity index (χ1) is 25.4. The van der Waals surface area contributed by atoms with Crippen LogP contribution in [0.2, 0.25) is 5.02 Å². The van der Waals surface area contributed by atoms with Crippen molar-refractivity contribution < 1.29 is 29.4 Å². The van der Waals surface area contributed by atoms with Crippen LogP contribution in [0.5, 0.6) is 5.75 Å². The predicted molar refractivity (Wildman–Crippen MR) is 215 cm³/mol. The number of aliphatic hydroxyl groups excluding tert-OH is 2. The van der Waals surface area contributed by atoms with Gasteiger partial charge in [-0.05, 0) is 99.2 Å². The number of nitrogens with zero attached hydrogens (tertiary/aromatic N) is 3.